The third kappa shape index (κ3) is 3.58. The first kappa shape index (κ1) is 21.1. The molecular formula is C25H22N2O5. The van der Waals surface area contributed by atoms with E-state index in [9.17, 15) is 14.7 Å². The molecule has 0 aliphatic carbocycles. The van der Waals surface area contributed by atoms with Gasteiger partial charge in [0.1, 0.15) is 11.6 Å². The van der Waals surface area contributed by atoms with E-state index < -0.39 is 17.7 Å². The van der Waals surface area contributed by atoms with E-state index in [2.05, 4.69) is 4.98 Å². The zero-order valence-electron chi connectivity index (χ0n) is 17.9. The summed E-state index contributed by atoms with van der Waals surface area (Å²) in [5.41, 5.74) is 2.00. The lowest BCUT2D eigenvalue weighted by atomic mass is 9.94. The summed E-state index contributed by atoms with van der Waals surface area (Å²) in [5.74, 6) is -0.555. The van der Waals surface area contributed by atoms with Crippen molar-refractivity contribution in [3.05, 3.63) is 89.1 Å². The summed E-state index contributed by atoms with van der Waals surface area (Å²) in [5, 5.41) is 11.1. The number of aliphatic hydroxyl groups excluding tert-OH is 1. The second kappa shape index (κ2) is 8.55. The number of nitrogens with zero attached hydrogens (tertiary/aromatic N) is 2. The van der Waals surface area contributed by atoms with Gasteiger partial charge in [0.2, 0.25) is 0 Å². The van der Waals surface area contributed by atoms with Crippen molar-refractivity contribution in [2.24, 2.45) is 0 Å². The second-order valence-corrected chi connectivity index (χ2v) is 7.34. The molecule has 4 rings (SSSR count). The van der Waals surface area contributed by atoms with E-state index in [-0.39, 0.29) is 11.3 Å². The molecule has 1 amide bonds. The quantitative estimate of drug-likeness (QED) is 0.373. The Kier molecular flexibility index (Phi) is 5.64. The maximum Gasteiger partial charge on any atom is 0.301 e. The number of methoxy groups -OCH3 is 2. The smallest absolute Gasteiger partial charge is 0.301 e. The summed E-state index contributed by atoms with van der Waals surface area (Å²) < 4.78 is 10.7. The summed E-state index contributed by atoms with van der Waals surface area (Å²) in [6.07, 6.45) is 1.54. The molecule has 7 heteroatoms. The van der Waals surface area contributed by atoms with Gasteiger partial charge in [0.15, 0.2) is 11.5 Å². The zero-order valence-corrected chi connectivity index (χ0v) is 17.9. The molecule has 1 saturated heterocycles. The molecule has 2 heterocycles. The number of ether oxygens (including phenoxy) is 2. The highest BCUT2D eigenvalue weighted by molar-refractivity contribution is 6.51. The van der Waals surface area contributed by atoms with Crippen LogP contribution in [0, 0.1) is 6.92 Å². The number of hydrogen-bond donors (Lipinski definition) is 1. The van der Waals surface area contributed by atoms with E-state index in [1.165, 1.54) is 19.1 Å². The number of carbonyl (C=O) groups excluding carboxylic acids is 2. The second-order valence-electron chi connectivity index (χ2n) is 7.34. The van der Waals surface area contributed by atoms with Gasteiger partial charge in [-0.25, -0.2) is 4.98 Å². The van der Waals surface area contributed by atoms with Crippen molar-refractivity contribution >= 4 is 23.3 Å². The van der Waals surface area contributed by atoms with Gasteiger partial charge in [-0.3, -0.25) is 14.5 Å². The number of amides is 1. The minimum atomic E-state index is -0.897. The van der Waals surface area contributed by atoms with Crippen LogP contribution in [0.1, 0.15) is 22.7 Å². The third-order valence-corrected chi connectivity index (χ3v) is 5.39. The first-order chi connectivity index (χ1) is 15.5. The summed E-state index contributed by atoms with van der Waals surface area (Å²) in [6, 6.07) is 16.4. The predicted octanol–water partition coefficient (Wildman–Crippen LogP) is 4.03. The molecule has 0 bridgehead atoms. The first-order valence-corrected chi connectivity index (χ1v) is 9.97. The molecule has 3 aromatic rings. The van der Waals surface area contributed by atoms with Crippen molar-refractivity contribution in [3.63, 3.8) is 0 Å². The lowest BCUT2D eigenvalue weighted by Gasteiger charge is -2.25. The molecule has 32 heavy (non-hydrogen) atoms. The summed E-state index contributed by atoms with van der Waals surface area (Å²) in [4.78, 5) is 31.8. The molecule has 162 valence electrons. The van der Waals surface area contributed by atoms with Crippen LogP contribution in [0.5, 0.6) is 11.5 Å². The Morgan fingerprint density at radius 3 is 2.31 bits per heavy atom. The highest BCUT2D eigenvalue weighted by atomic mass is 16.5. The monoisotopic (exact) mass is 430 g/mol. The van der Waals surface area contributed by atoms with Crippen molar-refractivity contribution in [1.29, 1.82) is 0 Å². The van der Waals surface area contributed by atoms with E-state index in [1.807, 2.05) is 19.1 Å². The van der Waals surface area contributed by atoms with Crippen LogP contribution in [-0.4, -0.2) is 36.0 Å². The number of aryl methyl sites for hydroxylation is 1. The minimum absolute atomic E-state index is 0.0169. The van der Waals surface area contributed by atoms with E-state index in [0.29, 0.717) is 28.4 Å². The van der Waals surface area contributed by atoms with Gasteiger partial charge >= 0.3 is 5.91 Å². The Bertz CT molecular complexity index is 1200. The van der Waals surface area contributed by atoms with Crippen molar-refractivity contribution in [2.75, 3.05) is 19.1 Å². The van der Waals surface area contributed by atoms with Crippen LogP contribution in [0.3, 0.4) is 0 Å². The van der Waals surface area contributed by atoms with Crippen LogP contribution >= 0.6 is 0 Å². The Morgan fingerprint density at radius 2 is 1.69 bits per heavy atom. The molecule has 1 fully saturated rings. The van der Waals surface area contributed by atoms with E-state index in [4.69, 9.17) is 9.47 Å². The number of Topliss-reactive ketones (excluding diaryl/α,β-unsaturated/α-hetero) is 1. The topological polar surface area (TPSA) is 89.0 Å². The molecule has 1 atom stereocenters. The fourth-order valence-corrected chi connectivity index (χ4v) is 3.77. The molecule has 0 saturated carbocycles. The van der Waals surface area contributed by atoms with Crippen LogP contribution < -0.4 is 14.4 Å². The van der Waals surface area contributed by atoms with E-state index in [0.717, 1.165) is 5.56 Å². The van der Waals surface area contributed by atoms with Gasteiger partial charge in [0.05, 0.1) is 25.8 Å². The maximum absolute atomic E-state index is 13.1. The molecule has 2 aromatic carbocycles. The lowest BCUT2D eigenvalue weighted by Crippen LogP contribution is -2.30. The van der Waals surface area contributed by atoms with Crippen LogP contribution in [0.2, 0.25) is 0 Å². The normalized spacial score (nSPS) is 17.5. The average molecular weight is 430 g/mol. The van der Waals surface area contributed by atoms with Gasteiger partial charge in [0.25, 0.3) is 5.78 Å². The van der Waals surface area contributed by atoms with Gasteiger partial charge in [-0.05, 0) is 36.8 Å². The maximum atomic E-state index is 13.1. The van der Waals surface area contributed by atoms with Gasteiger partial charge < -0.3 is 14.6 Å². The Hall–Kier alpha value is -4.13. The zero-order chi connectivity index (χ0) is 22.8. The Balaban J connectivity index is 1.96. The van der Waals surface area contributed by atoms with Gasteiger partial charge in [-0.1, -0.05) is 42.0 Å². The highest BCUT2D eigenvalue weighted by Gasteiger charge is 2.47. The largest absolute Gasteiger partial charge is 0.507 e. The van der Waals surface area contributed by atoms with E-state index in [1.54, 1.807) is 54.7 Å². The standard InChI is InChI=1S/C25H22N2O5/c1-15-7-9-16(10-8-15)23(28)21-22(17-11-12-18(31-2)19(14-17)32-3)27(25(30)24(21)29)20-6-4-5-13-26-20/h4-14,22,28H,1-3H3/b23-21+. The molecule has 1 aliphatic heterocycles. The van der Waals surface area contributed by atoms with Crippen molar-refractivity contribution in [1.82, 2.24) is 4.98 Å². The highest BCUT2D eigenvalue weighted by Crippen LogP contribution is 2.43. The average Bonchev–Trinajstić information content (AvgIpc) is 3.09. The molecule has 7 nitrogen and oxygen atoms in total. The summed E-state index contributed by atoms with van der Waals surface area (Å²) in [6.45, 7) is 1.92. The third-order valence-electron chi connectivity index (χ3n) is 5.39. The number of pyridine rings is 1. The molecule has 1 N–H and O–H groups in total. The molecular weight excluding hydrogens is 408 g/mol. The number of anilines is 1. The number of carbonyl (C=O) groups is 2. The fraction of sp³-hybridized carbons (Fsp3) is 0.160. The minimum Gasteiger partial charge on any atom is -0.507 e. The number of ketones is 1. The predicted molar refractivity (Wildman–Crippen MR) is 120 cm³/mol. The molecule has 1 unspecified atom stereocenters. The first-order valence-electron chi connectivity index (χ1n) is 9.97. The number of aromatic nitrogens is 1. The van der Waals surface area contributed by atoms with Gasteiger partial charge in [-0.15, -0.1) is 0 Å². The van der Waals surface area contributed by atoms with Crippen LogP contribution in [0.15, 0.2) is 72.4 Å². The summed E-state index contributed by atoms with van der Waals surface area (Å²) in [7, 11) is 3.03. The summed E-state index contributed by atoms with van der Waals surface area (Å²) >= 11 is 0. The Morgan fingerprint density at radius 1 is 0.969 bits per heavy atom. The number of hydrogen-bond acceptors (Lipinski definition) is 6. The van der Waals surface area contributed by atoms with Crippen molar-refractivity contribution < 1.29 is 24.2 Å². The van der Waals surface area contributed by atoms with Gasteiger partial charge in [-0.2, -0.15) is 0 Å². The SMILES string of the molecule is COc1ccc(C2/C(=C(\O)c3ccc(C)cc3)C(=O)C(=O)N2c2ccccn2)cc1OC. The molecule has 0 radical (unpaired) electrons. The van der Waals surface area contributed by atoms with Crippen molar-refractivity contribution in [2.45, 2.75) is 13.0 Å². The van der Waals surface area contributed by atoms with Crippen LogP contribution in [0.4, 0.5) is 5.82 Å². The van der Waals surface area contributed by atoms with Crippen LogP contribution in [0.25, 0.3) is 5.76 Å². The molecule has 1 aliphatic rings. The molecule has 0 spiro atoms. The number of benzene rings is 2. The van der Waals surface area contributed by atoms with E-state index >= 15 is 0 Å². The number of aliphatic hydroxyl groups is 1. The number of rotatable bonds is 5. The fourth-order valence-electron chi connectivity index (χ4n) is 3.77. The van der Waals surface area contributed by atoms with Crippen molar-refractivity contribution in [3.8, 4) is 11.5 Å². The lowest BCUT2D eigenvalue weighted by molar-refractivity contribution is -0.132. The Labute approximate surface area is 185 Å². The molecule has 1 aromatic heterocycles. The van der Waals surface area contributed by atoms with Gasteiger partial charge in [0, 0.05) is 11.8 Å². The van der Waals surface area contributed by atoms with Crippen LogP contribution in [-0.2, 0) is 9.59 Å².